The van der Waals surface area contributed by atoms with Crippen molar-refractivity contribution in [3.63, 3.8) is 0 Å². The molecule has 2 aromatic rings. The van der Waals surface area contributed by atoms with Crippen LogP contribution in [0, 0.1) is 40.4 Å². The molecule has 1 aromatic heterocycles. The average molecular weight is 564 g/mol. The number of Topliss-reactive ketones (excluding diaryl/α,β-unsaturated/α-hetero) is 1. The van der Waals surface area contributed by atoms with Gasteiger partial charge >= 0.3 is 6.18 Å². The third-order valence-electron chi connectivity index (χ3n) is 11.1. The van der Waals surface area contributed by atoms with Crippen LogP contribution in [0.4, 0.5) is 13.2 Å². The van der Waals surface area contributed by atoms with Crippen molar-refractivity contribution in [2.24, 2.45) is 40.4 Å². The fraction of sp³-hybridized carbons (Fsp3) is 0.774. The van der Waals surface area contributed by atoms with Gasteiger partial charge in [0.05, 0.1) is 19.6 Å². The zero-order valence-corrected chi connectivity index (χ0v) is 24.3. The lowest BCUT2D eigenvalue weighted by molar-refractivity contribution is -0.182. The number of ether oxygens (including phenoxy) is 2. The minimum atomic E-state index is -4.15. The molecule has 1 heterocycles. The Morgan fingerprint density at radius 3 is 2.58 bits per heavy atom. The highest BCUT2D eigenvalue weighted by Crippen LogP contribution is 2.65. The van der Waals surface area contributed by atoms with Crippen LogP contribution in [0.25, 0.3) is 11.0 Å². The van der Waals surface area contributed by atoms with E-state index in [-0.39, 0.29) is 41.9 Å². The summed E-state index contributed by atoms with van der Waals surface area (Å²) in [6.07, 6.45) is 3.52. The molecular formula is C31H44F3N3O3. The zero-order valence-electron chi connectivity index (χ0n) is 24.3. The molecule has 222 valence electrons. The second-order valence-electron chi connectivity index (χ2n) is 13.0. The Labute approximate surface area is 235 Å². The quantitative estimate of drug-likeness (QED) is 0.305. The van der Waals surface area contributed by atoms with E-state index < -0.39 is 12.1 Å². The summed E-state index contributed by atoms with van der Waals surface area (Å²) in [5, 5.41) is 9.06. The molecule has 0 N–H and O–H groups in total. The first-order chi connectivity index (χ1) is 19.0. The van der Waals surface area contributed by atoms with Gasteiger partial charge in [-0.2, -0.15) is 28.2 Å². The first-order valence-electron chi connectivity index (χ1n) is 15.0. The standard InChI is InChI=1S/C31H44F3N3O3/c1-5-20(31(32,33)34)12-16-30(19-39-3)14-6-7-22-23-9-10-25(29(23,2)15-13-24(22)30)28(38)18-37-35-26-11-8-21(40-4)17-27(26)36-37/h8,11,17,20,22-25H,5-7,9-10,12-16,18-19H2,1-4H3/t20-,22+,23+,24+,25-,29+,30-/m1/s1. The van der Waals surface area contributed by atoms with Crippen molar-refractivity contribution in [1.29, 1.82) is 0 Å². The molecule has 6 nitrogen and oxygen atoms in total. The van der Waals surface area contributed by atoms with Gasteiger partial charge in [0.15, 0.2) is 5.78 Å². The molecule has 3 saturated carbocycles. The van der Waals surface area contributed by atoms with E-state index in [1.807, 2.05) is 18.2 Å². The second-order valence-corrected chi connectivity index (χ2v) is 13.0. The van der Waals surface area contributed by atoms with Crippen LogP contribution in [0.2, 0.25) is 0 Å². The molecule has 0 unspecified atom stereocenters. The summed E-state index contributed by atoms with van der Waals surface area (Å²) < 4.78 is 51.9. The number of fused-ring (bicyclic) bond motifs is 4. The average Bonchev–Trinajstić information content (AvgIpc) is 3.48. The predicted molar refractivity (Wildman–Crippen MR) is 147 cm³/mol. The van der Waals surface area contributed by atoms with E-state index in [1.54, 1.807) is 21.1 Å². The predicted octanol–water partition coefficient (Wildman–Crippen LogP) is 7.25. The summed E-state index contributed by atoms with van der Waals surface area (Å²) in [6, 6.07) is 5.51. The molecule has 0 radical (unpaired) electrons. The molecule has 5 rings (SSSR count). The van der Waals surface area contributed by atoms with Gasteiger partial charge in [-0.05, 0) is 98.5 Å². The number of hydrogen-bond acceptors (Lipinski definition) is 5. The molecule has 7 atom stereocenters. The van der Waals surface area contributed by atoms with Crippen LogP contribution < -0.4 is 4.74 Å². The number of hydrogen-bond donors (Lipinski definition) is 0. The van der Waals surface area contributed by atoms with Gasteiger partial charge in [-0.25, -0.2) is 0 Å². The molecule has 1 aromatic carbocycles. The van der Waals surface area contributed by atoms with Crippen LogP contribution in [-0.4, -0.2) is 47.8 Å². The van der Waals surface area contributed by atoms with Crippen LogP contribution in [-0.2, 0) is 16.1 Å². The van der Waals surface area contributed by atoms with E-state index in [2.05, 4.69) is 17.1 Å². The topological polar surface area (TPSA) is 66.2 Å². The van der Waals surface area contributed by atoms with Gasteiger partial charge in [-0.15, -0.1) is 0 Å². The lowest BCUT2D eigenvalue weighted by atomic mass is 9.48. The van der Waals surface area contributed by atoms with Crippen molar-refractivity contribution in [1.82, 2.24) is 15.0 Å². The summed E-state index contributed by atoms with van der Waals surface area (Å²) in [7, 11) is 3.30. The van der Waals surface area contributed by atoms with E-state index in [0.717, 1.165) is 50.5 Å². The second kappa shape index (κ2) is 11.3. The normalized spacial score (nSPS) is 33.0. The maximum atomic E-state index is 13.7. The summed E-state index contributed by atoms with van der Waals surface area (Å²) in [5.41, 5.74) is 1.13. The van der Waals surface area contributed by atoms with Gasteiger partial charge in [-0.3, -0.25) is 4.79 Å². The van der Waals surface area contributed by atoms with Crippen LogP contribution in [0.1, 0.15) is 78.1 Å². The summed E-state index contributed by atoms with van der Waals surface area (Å²) in [4.78, 5) is 15.2. The van der Waals surface area contributed by atoms with Crippen molar-refractivity contribution in [3.8, 4) is 5.75 Å². The minimum Gasteiger partial charge on any atom is -0.497 e. The third kappa shape index (κ3) is 5.27. The first-order valence-corrected chi connectivity index (χ1v) is 15.0. The lowest BCUT2D eigenvalue weighted by Crippen LogP contribution is -2.52. The molecule has 3 aliphatic rings. The fourth-order valence-electron chi connectivity index (χ4n) is 9.15. The van der Waals surface area contributed by atoms with Gasteiger partial charge in [0.25, 0.3) is 0 Å². The number of carbonyl (C=O) groups excluding carboxylic acids is 1. The molecule has 0 spiro atoms. The molecule has 0 amide bonds. The monoisotopic (exact) mass is 563 g/mol. The van der Waals surface area contributed by atoms with Crippen molar-refractivity contribution in [2.45, 2.75) is 90.8 Å². The summed E-state index contributed by atoms with van der Waals surface area (Å²) in [5.74, 6) is 0.791. The Kier molecular flexibility index (Phi) is 8.25. The van der Waals surface area contributed by atoms with Crippen molar-refractivity contribution in [2.75, 3.05) is 20.8 Å². The molecular weight excluding hydrogens is 519 g/mol. The molecule has 3 aliphatic carbocycles. The number of aromatic nitrogens is 3. The molecule has 0 bridgehead atoms. The Morgan fingerprint density at radius 1 is 1.10 bits per heavy atom. The number of carbonyl (C=O) groups is 1. The van der Waals surface area contributed by atoms with Crippen molar-refractivity contribution >= 4 is 16.8 Å². The van der Waals surface area contributed by atoms with Gasteiger partial charge in [0.2, 0.25) is 0 Å². The Hall–Kier alpha value is -2.16. The van der Waals surface area contributed by atoms with E-state index in [1.165, 1.54) is 4.80 Å². The summed E-state index contributed by atoms with van der Waals surface area (Å²) >= 11 is 0. The van der Waals surface area contributed by atoms with Crippen LogP contribution >= 0.6 is 0 Å². The SMILES string of the molecule is CC[C@H](CC[C@@]1(COC)CCC[C@@H]2[C@@H]1CC[C@]1(C)[C@@H](C(=O)Cn3nc4ccc(OC)cc4n3)CC[C@@H]21)C(F)(F)F. The van der Waals surface area contributed by atoms with Crippen LogP contribution in [0.15, 0.2) is 18.2 Å². The lowest BCUT2D eigenvalue weighted by Gasteiger charge is -2.57. The number of methoxy groups -OCH3 is 2. The molecule has 40 heavy (non-hydrogen) atoms. The van der Waals surface area contributed by atoms with Gasteiger partial charge in [-0.1, -0.05) is 20.3 Å². The Balaban J connectivity index is 1.32. The molecule has 0 aliphatic heterocycles. The number of nitrogens with zero attached hydrogens (tertiary/aromatic N) is 3. The van der Waals surface area contributed by atoms with Gasteiger partial charge in [0.1, 0.15) is 23.3 Å². The van der Waals surface area contributed by atoms with Gasteiger partial charge in [0, 0.05) is 19.1 Å². The maximum absolute atomic E-state index is 13.7. The highest BCUT2D eigenvalue weighted by atomic mass is 19.4. The third-order valence-corrected chi connectivity index (χ3v) is 11.1. The van der Waals surface area contributed by atoms with Crippen LogP contribution in [0.5, 0.6) is 5.75 Å². The van der Waals surface area contributed by atoms with Crippen molar-refractivity contribution < 1.29 is 27.4 Å². The van der Waals surface area contributed by atoms with Gasteiger partial charge < -0.3 is 9.47 Å². The number of ketones is 1. The maximum Gasteiger partial charge on any atom is 0.391 e. The highest BCUT2D eigenvalue weighted by molar-refractivity contribution is 5.82. The minimum absolute atomic E-state index is 0.0458. The van der Waals surface area contributed by atoms with Crippen molar-refractivity contribution in [3.05, 3.63) is 18.2 Å². The number of benzene rings is 1. The van der Waals surface area contributed by atoms with E-state index >= 15 is 0 Å². The molecule has 0 saturated heterocycles. The number of alkyl halides is 3. The summed E-state index contributed by atoms with van der Waals surface area (Å²) in [6.45, 7) is 4.62. The highest BCUT2D eigenvalue weighted by Gasteiger charge is 2.60. The number of rotatable bonds is 10. The van der Waals surface area contributed by atoms with Crippen LogP contribution in [0.3, 0.4) is 0 Å². The van der Waals surface area contributed by atoms with E-state index in [9.17, 15) is 18.0 Å². The molecule has 3 fully saturated rings. The Morgan fingerprint density at radius 2 is 1.88 bits per heavy atom. The smallest absolute Gasteiger partial charge is 0.391 e. The number of halogens is 3. The van der Waals surface area contributed by atoms with E-state index in [4.69, 9.17) is 9.47 Å². The molecule has 9 heteroatoms. The Bertz CT molecular complexity index is 1200. The first kappa shape index (κ1) is 29.3. The van der Waals surface area contributed by atoms with E-state index in [0.29, 0.717) is 42.0 Å². The fourth-order valence-corrected chi connectivity index (χ4v) is 9.15. The largest absolute Gasteiger partial charge is 0.497 e. The zero-order chi connectivity index (χ0) is 28.7.